The van der Waals surface area contributed by atoms with Crippen LogP contribution in [0.25, 0.3) is 0 Å². The van der Waals surface area contributed by atoms with E-state index in [1.807, 2.05) is 0 Å². The van der Waals surface area contributed by atoms with Gasteiger partial charge in [-0.25, -0.2) is 12.7 Å². The maximum Gasteiger partial charge on any atom is 0.219 e. The largest absolute Gasteiger partial charge is 0.353 e. The molecule has 0 unspecified atom stereocenters. The third kappa shape index (κ3) is 3.79. The molecule has 0 spiro atoms. The van der Waals surface area contributed by atoms with Crippen molar-refractivity contribution in [1.82, 2.24) is 9.62 Å². The van der Waals surface area contributed by atoms with E-state index < -0.39 is 10.0 Å². The predicted octanol–water partition coefficient (Wildman–Crippen LogP) is -0.0634. The second-order valence-electron chi connectivity index (χ2n) is 3.86. The molecule has 6 heteroatoms. The summed E-state index contributed by atoms with van der Waals surface area (Å²) in [6.45, 7) is 2.82. The number of carbonyl (C=O) groups excluding carboxylic acids is 1. The van der Waals surface area contributed by atoms with E-state index >= 15 is 0 Å². The lowest BCUT2D eigenvalue weighted by atomic mass is 10.1. The normalized spacial score (nSPS) is 20.1. The average Bonchev–Trinajstić information content (AvgIpc) is 2.17. The molecule has 0 aromatic rings. The number of sulfonamides is 1. The van der Waals surface area contributed by atoms with Crippen LogP contribution in [0, 0.1) is 0 Å². The zero-order valence-electron chi connectivity index (χ0n) is 9.19. The molecule has 0 bridgehead atoms. The highest BCUT2D eigenvalue weighted by atomic mass is 32.2. The number of amides is 1. The van der Waals surface area contributed by atoms with Gasteiger partial charge in [-0.2, -0.15) is 0 Å². The maximum atomic E-state index is 11.2. The fraction of sp³-hybridized carbons (Fsp3) is 0.889. The van der Waals surface area contributed by atoms with Crippen LogP contribution in [-0.4, -0.2) is 44.0 Å². The van der Waals surface area contributed by atoms with Crippen LogP contribution in [0.15, 0.2) is 0 Å². The Kier molecular flexibility index (Phi) is 4.10. The summed E-state index contributed by atoms with van der Waals surface area (Å²) < 4.78 is 23.9. The molecule has 1 heterocycles. The van der Waals surface area contributed by atoms with E-state index in [4.69, 9.17) is 0 Å². The predicted molar refractivity (Wildman–Crippen MR) is 57.9 cm³/mol. The smallest absolute Gasteiger partial charge is 0.219 e. The summed E-state index contributed by atoms with van der Waals surface area (Å²) >= 11 is 0. The zero-order chi connectivity index (χ0) is 11.5. The number of piperidine rings is 1. The molecular formula is C9H18N2O3S. The molecule has 88 valence electrons. The highest BCUT2D eigenvalue weighted by Gasteiger charge is 2.25. The van der Waals surface area contributed by atoms with Gasteiger partial charge >= 0.3 is 0 Å². The van der Waals surface area contributed by atoms with Gasteiger partial charge in [0.1, 0.15) is 0 Å². The second-order valence-corrected chi connectivity index (χ2v) is 5.84. The average molecular weight is 234 g/mol. The summed E-state index contributed by atoms with van der Waals surface area (Å²) in [6, 6.07) is 0.135. The van der Waals surface area contributed by atoms with Gasteiger partial charge in [-0.15, -0.1) is 0 Å². The summed E-state index contributed by atoms with van der Waals surface area (Å²) in [4.78, 5) is 11.1. The van der Waals surface area contributed by atoms with Crippen molar-refractivity contribution in [2.75, 3.05) is 19.3 Å². The molecule has 1 rings (SSSR count). The van der Waals surface area contributed by atoms with E-state index in [2.05, 4.69) is 5.32 Å². The lowest BCUT2D eigenvalue weighted by molar-refractivity contribution is -0.121. The van der Waals surface area contributed by atoms with Crippen LogP contribution in [0.5, 0.6) is 0 Å². The van der Waals surface area contributed by atoms with Crippen LogP contribution in [0.3, 0.4) is 0 Å². The van der Waals surface area contributed by atoms with E-state index in [0.717, 1.165) is 0 Å². The molecule has 1 aliphatic rings. The van der Waals surface area contributed by atoms with Gasteiger partial charge < -0.3 is 5.32 Å². The van der Waals surface area contributed by atoms with Crippen molar-refractivity contribution in [2.45, 2.75) is 32.2 Å². The van der Waals surface area contributed by atoms with Crippen molar-refractivity contribution < 1.29 is 13.2 Å². The molecule has 1 N–H and O–H groups in total. The van der Waals surface area contributed by atoms with Gasteiger partial charge in [0.05, 0.1) is 6.26 Å². The highest BCUT2D eigenvalue weighted by Crippen LogP contribution is 2.13. The van der Waals surface area contributed by atoms with E-state index in [1.54, 1.807) is 6.92 Å². The van der Waals surface area contributed by atoms with Crippen molar-refractivity contribution >= 4 is 15.9 Å². The Bertz CT molecular complexity index is 318. The summed E-state index contributed by atoms with van der Waals surface area (Å²) in [5.41, 5.74) is 0. The molecule has 1 amide bonds. The minimum Gasteiger partial charge on any atom is -0.353 e. The van der Waals surface area contributed by atoms with Crippen LogP contribution >= 0.6 is 0 Å². The molecule has 5 nitrogen and oxygen atoms in total. The van der Waals surface area contributed by atoms with Crippen molar-refractivity contribution in [1.29, 1.82) is 0 Å². The summed E-state index contributed by atoms with van der Waals surface area (Å²) in [5.74, 6) is 0.0350. The molecule has 1 saturated heterocycles. The maximum absolute atomic E-state index is 11.2. The first kappa shape index (κ1) is 12.4. The molecule has 0 aliphatic carbocycles. The van der Waals surface area contributed by atoms with Gasteiger partial charge in [-0.3, -0.25) is 4.79 Å². The number of nitrogens with one attached hydrogen (secondary N) is 1. The number of hydrogen-bond acceptors (Lipinski definition) is 3. The minimum atomic E-state index is -3.06. The lowest BCUT2D eigenvalue weighted by Crippen LogP contribution is -2.46. The first-order chi connectivity index (χ1) is 6.93. The number of hydrogen-bond donors (Lipinski definition) is 1. The summed E-state index contributed by atoms with van der Waals surface area (Å²) in [7, 11) is -3.06. The van der Waals surface area contributed by atoms with Gasteiger partial charge in [0.15, 0.2) is 0 Å². The third-order valence-electron chi connectivity index (χ3n) is 2.61. The molecule has 0 saturated carbocycles. The van der Waals surface area contributed by atoms with E-state index in [1.165, 1.54) is 10.6 Å². The van der Waals surface area contributed by atoms with Crippen LogP contribution in [0.4, 0.5) is 0 Å². The van der Waals surface area contributed by atoms with Crippen molar-refractivity contribution in [3.63, 3.8) is 0 Å². The van der Waals surface area contributed by atoms with Gasteiger partial charge in [-0.1, -0.05) is 6.92 Å². The minimum absolute atomic E-state index is 0.0350. The fourth-order valence-corrected chi connectivity index (χ4v) is 2.54. The molecule has 0 aromatic heterocycles. The molecule has 0 atom stereocenters. The molecule has 0 radical (unpaired) electrons. The van der Waals surface area contributed by atoms with Crippen LogP contribution in [0.1, 0.15) is 26.2 Å². The molecular weight excluding hydrogens is 216 g/mol. The molecule has 1 fully saturated rings. The van der Waals surface area contributed by atoms with Crippen molar-refractivity contribution in [3.8, 4) is 0 Å². The Morgan fingerprint density at radius 2 is 1.93 bits per heavy atom. The molecule has 15 heavy (non-hydrogen) atoms. The van der Waals surface area contributed by atoms with Crippen molar-refractivity contribution in [3.05, 3.63) is 0 Å². The first-order valence-electron chi connectivity index (χ1n) is 5.18. The summed E-state index contributed by atoms with van der Waals surface area (Å²) in [6.07, 6.45) is 3.11. The van der Waals surface area contributed by atoms with Gasteiger partial charge in [0, 0.05) is 25.6 Å². The summed E-state index contributed by atoms with van der Waals surface area (Å²) in [5, 5.41) is 2.88. The standard InChI is InChI=1S/C9H18N2O3S/c1-3-9(12)10-8-4-6-11(7-5-8)15(2,13)14/h8H,3-7H2,1-2H3,(H,10,12). The Hall–Kier alpha value is -0.620. The number of carbonyl (C=O) groups is 1. The third-order valence-corrected chi connectivity index (χ3v) is 3.91. The van der Waals surface area contributed by atoms with Gasteiger partial charge in [0.2, 0.25) is 15.9 Å². The quantitative estimate of drug-likeness (QED) is 0.743. The van der Waals surface area contributed by atoms with E-state index in [9.17, 15) is 13.2 Å². The Balaban J connectivity index is 2.40. The Morgan fingerprint density at radius 3 is 2.33 bits per heavy atom. The van der Waals surface area contributed by atoms with Crippen LogP contribution in [-0.2, 0) is 14.8 Å². The van der Waals surface area contributed by atoms with Crippen molar-refractivity contribution in [2.24, 2.45) is 0 Å². The topological polar surface area (TPSA) is 66.5 Å². The Morgan fingerprint density at radius 1 is 1.40 bits per heavy atom. The first-order valence-corrected chi connectivity index (χ1v) is 7.02. The van der Waals surface area contributed by atoms with E-state index in [-0.39, 0.29) is 11.9 Å². The fourth-order valence-electron chi connectivity index (χ4n) is 1.66. The van der Waals surface area contributed by atoms with E-state index in [0.29, 0.717) is 32.4 Å². The van der Waals surface area contributed by atoms with Gasteiger partial charge in [-0.05, 0) is 12.8 Å². The van der Waals surface area contributed by atoms with Crippen LogP contribution in [0.2, 0.25) is 0 Å². The molecule has 1 aliphatic heterocycles. The number of rotatable bonds is 3. The SMILES string of the molecule is CCC(=O)NC1CCN(S(C)(=O)=O)CC1. The highest BCUT2D eigenvalue weighted by molar-refractivity contribution is 7.88. The Labute approximate surface area is 90.9 Å². The second kappa shape index (κ2) is 4.94. The lowest BCUT2D eigenvalue weighted by Gasteiger charge is -2.30. The van der Waals surface area contributed by atoms with Crippen LogP contribution < -0.4 is 5.32 Å². The van der Waals surface area contributed by atoms with Gasteiger partial charge in [0.25, 0.3) is 0 Å². The zero-order valence-corrected chi connectivity index (χ0v) is 10.0. The monoisotopic (exact) mass is 234 g/mol. The number of nitrogens with zero attached hydrogens (tertiary/aromatic N) is 1. The molecule has 0 aromatic carbocycles.